The van der Waals surface area contributed by atoms with Gasteiger partial charge < -0.3 is 42.9 Å². The fraction of sp³-hybridized carbons (Fsp3) is 0.542. The van der Waals surface area contributed by atoms with Crippen molar-refractivity contribution in [3.63, 3.8) is 0 Å². The van der Waals surface area contributed by atoms with Gasteiger partial charge in [-0.25, -0.2) is 4.79 Å². The summed E-state index contributed by atoms with van der Waals surface area (Å²) in [7, 11) is 0. The molecular weight excluding hydrogens is 484 g/mol. The van der Waals surface area contributed by atoms with Crippen LogP contribution in [-0.2, 0) is 30.4 Å². The van der Waals surface area contributed by atoms with Gasteiger partial charge in [0.05, 0.1) is 12.5 Å². The number of hydrogen-bond donors (Lipinski definition) is 7. The third-order valence-corrected chi connectivity index (χ3v) is 6.15. The zero-order chi connectivity index (χ0) is 27.5. The summed E-state index contributed by atoms with van der Waals surface area (Å²) in [6.45, 7) is 0.605. The van der Waals surface area contributed by atoms with Gasteiger partial charge in [-0.15, -0.1) is 0 Å². The molecule has 1 aliphatic rings. The minimum absolute atomic E-state index is 0.0242. The van der Waals surface area contributed by atoms with Gasteiger partial charge in [-0.1, -0.05) is 12.1 Å². The summed E-state index contributed by atoms with van der Waals surface area (Å²) in [6, 6.07) is 1.58. The minimum Gasteiger partial charge on any atom is -0.508 e. The number of phenolic OH excluding ortho intramolecular Hbond substituents is 1. The number of amides is 4. The number of nitrogens with two attached hydrogens (primary N) is 3. The van der Waals surface area contributed by atoms with Crippen molar-refractivity contribution in [2.24, 2.45) is 17.2 Å². The lowest BCUT2D eigenvalue weighted by Crippen LogP contribution is -2.57. The highest BCUT2D eigenvalue weighted by Crippen LogP contribution is 2.20. The summed E-state index contributed by atoms with van der Waals surface area (Å²) >= 11 is 0. The minimum atomic E-state index is -1.25. The fourth-order valence-electron chi connectivity index (χ4n) is 4.18. The number of phenols is 1. The molecule has 1 saturated heterocycles. The lowest BCUT2D eigenvalue weighted by atomic mass is 10.0. The number of carbonyl (C=O) groups excluding carboxylic acids is 4. The molecule has 1 fully saturated rings. The molecule has 13 nitrogen and oxygen atoms in total. The first-order valence-corrected chi connectivity index (χ1v) is 12.2. The van der Waals surface area contributed by atoms with Gasteiger partial charge in [-0.3, -0.25) is 19.2 Å². The Balaban J connectivity index is 2.26. The van der Waals surface area contributed by atoms with E-state index in [0.717, 1.165) is 0 Å². The number of unbranched alkanes of at least 4 members (excludes halogenated alkanes) is 1. The number of aromatic hydroxyl groups is 1. The predicted molar refractivity (Wildman–Crippen MR) is 133 cm³/mol. The van der Waals surface area contributed by atoms with E-state index in [1.807, 2.05) is 0 Å². The molecule has 37 heavy (non-hydrogen) atoms. The SMILES string of the molecule is NCCCCC(NC(=O)C(N)CC(N)=O)C(=O)NC(Cc1ccc(O)cc1)C(=O)N1CCCC1C(=O)O. The van der Waals surface area contributed by atoms with Crippen LogP contribution < -0.4 is 27.8 Å². The van der Waals surface area contributed by atoms with Crippen LogP contribution in [0.25, 0.3) is 0 Å². The smallest absolute Gasteiger partial charge is 0.326 e. The number of hydrogen-bond acceptors (Lipinski definition) is 8. The van der Waals surface area contributed by atoms with Crippen LogP contribution in [0.5, 0.6) is 5.75 Å². The first-order chi connectivity index (χ1) is 17.5. The number of benzene rings is 1. The van der Waals surface area contributed by atoms with Crippen molar-refractivity contribution in [2.45, 2.75) is 69.1 Å². The number of nitrogens with zero attached hydrogens (tertiary/aromatic N) is 1. The molecule has 4 unspecified atom stereocenters. The van der Waals surface area contributed by atoms with Crippen LogP contribution in [0.3, 0.4) is 0 Å². The summed E-state index contributed by atoms with van der Waals surface area (Å²) < 4.78 is 0. The van der Waals surface area contributed by atoms with Crippen molar-refractivity contribution in [3.05, 3.63) is 29.8 Å². The Hall–Kier alpha value is -3.71. The van der Waals surface area contributed by atoms with Crippen LogP contribution in [-0.4, -0.2) is 82.0 Å². The molecule has 0 radical (unpaired) electrons. The molecule has 1 aromatic rings. The van der Waals surface area contributed by atoms with Gasteiger partial charge in [0, 0.05) is 13.0 Å². The summed E-state index contributed by atoms with van der Waals surface area (Å²) in [5.74, 6) is -3.86. The lowest BCUT2D eigenvalue weighted by molar-refractivity contribution is -0.149. The summed E-state index contributed by atoms with van der Waals surface area (Å²) in [4.78, 5) is 63.2. The molecular formula is C24H36N6O7. The quantitative estimate of drug-likeness (QED) is 0.138. The molecule has 4 atom stereocenters. The van der Waals surface area contributed by atoms with Crippen molar-refractivity contribution in [1.29, 1.82) is 0 Å². The molecule has 1 aromatic carbocycles. The monoisotopic (exact) mass is 520 g/mol. The number of carbonyl (C=O) groups is 5. The van der Waals surface area contributed by atoms with Gasteiger partial charge in [0.1, 0.15) is 23.9 Å². The van der Waals surface area contributed by atoms with Crippen LogP contribution in [0.1, 0.15) is 44.1 Å². The molecule has 0 saturated carbocycles. The number of likely N-dealkylation sites (tertiary alicyclic amines) is 1. The fourth-order valence-corrected chi connectivity index (χ4v) is 4.18. The molecule has 1 heterocycles. The Labute approximate surface area is 214 Å². The Bertz CT molecular complexity index is 971. The molecule has 0 aromatic heterocycles. The number of carboxylic acids is 1. The number of nitrogens with one attached hydrogen (secondary N) is 2. The molecule has 13 heteroatoms. The Morgan fingerprint density at radius 3 is 2.27 bits per heavy atom. The standard InChI is InChI=1S/C24H36N6O7/c25-10-2-1-4-17(28-21(33)16(26)13-20(27)32)22(34)29-18(12-14-6-8-15(31)9-7-14)23(35)30-11-3-5-19(30)24(36)37/h6-9,16-19,31H,1-5,10-13,25-26H2,(H2,27,32)(H,28,33)(H,29,34)(H,36,37). The zero-order valence-corrected chi connectivity index (χ0v) is 20.6. The molecule has 0 aliphatic carbocycles. The van der Waals surface area contributed by atoms with Gasteiger partial charge in [0.25, 0.3) is 0 Å². The number of aliphatic carboxylic acids is 1. The normalized spacial score (nSPS) is 17.5. The van der Waals surface area contributed by atoms with Crippen molar-refractivity contribution in [1.82, 2.24) is 15.5 Å². The number of rotatable bonds is 14. The Morgan fingerprint density at radius 1 is 1.03 bits per heavy atom. The molecule has 1 aliphatic heterocycles. The first kappa shape index (κ1) is 29.5. The van der Waals surface area contributed by atoms with E-state index in [1.54, 1.807) is 12.1 Å². The molecule has 204 valence electrons. The van der Waals surface area contributed by atoms with Gasteiger partial charge in [0.2, 0.25) is 23.6 Å². The Kier molecular flexibility index (Phi) is 11.3. The van der Waals surface area contributed by atoms with Crippen molar-refractivity contribution in [2.75, 3.05) is 13.1 Å². The largest absolute Gasteiger partial charge is 0.508 e. The average Bonchev–Trinajstić information content (AvgIpc) is 3.34. The number of carboxylic acid groups (broad SMARTS) is 1. The number of primary amides is 1. The van der Waals surface area contributed by atoms with Crippen LogP contribution >= 0.6 is 0 Å². The van der Waals surface area contributed by atoms with Crippen LogP contribution in [0.4, 0.5) is 0 Å². The second-order valence-electron chi connectivity index (χ2n) is 9.08. The van der Waals surface area contributed by atoms with Gasteiger partial charge >= 0.3 is 5.97 Å². The molecule has 10 N–H and O–H groups in total. The summed E-state index contributed by atoms with van der Waals surface area (Å²) in [5.41, 5.74) is 17.0. The van der Waals surface area contributed by atoms with Gasteiger partial charge in [0.15, 0.2) is 0 Å². The Morgan fingerprint density at radius 2 is 1.68 bits per heavy atom. The van der Waals surface area contributed by atoms with E-state index in [0.29, 0.717) is 37.8 Å². The highest BCUT2D eigenvalue weighted by Gasteiger charge is 2.38. The van der Waals surface area contributed by atoms with E-state index in [1.165, 1.54) is 17.0 Å². The maximum atomic E-state index is 13.4. The molecule has 0 bridgehead atoms. The van der Waals surface area contributed by atoms with Gasteiger partial charge in [-0.05, 0) is 56.3 Å². The van der Waals surface area contributed by atoms with Crippen molar-refractivity contribution in [3.8, 4) is 5.75 Å². The van der Waals surface area contributed by atoms with E-state index in [9.17, 15) is 34.2 Å². The maximum Gasteiger partial charge on any atom is 0.326 e. The third kappa shape index (κ3) is 9.03. The molecule has 2 rings (SSSR count). The highest BCUT2D eigenvalue weighted by molar-refractivity contribution is 5.95. The van der Waals surface area contributed by atoms with Gasteiger partial charge in [-0.2, -0.15) is 0 Å². The zero-order valence-electron chi connectivity index (χ0n) is 20.6. The third-order valence-electron chi connectivity index (χ3n) is 6.15. The maximum absolute atomic E-state index is 13.4. The van der Waals surface area contributed by atoms with E-state index in [2.05, 4.69) is 10.6 Å². The average molecular weight is 521 g/mol. The van der Waals surface area contributed by atoms with Crippen molar-refractivity contribution >= 4 is 29.6 Å². The first-order valence-electron chi connectivity index (χ1n) is 12.2. The van der Waals surface area contributed by atoms with E-state index >= 15 is 0 Å². The summed E-state index contributed by atoms with van der Waals surface area (Å²) in [5, 5.41) is 24.3. The second kappa shape index (κ2) is 14.1. The van der Waals surface area contributed by atoms with Crippen LogP contribution in [0, 0.1) is 0 Å². The van der Waals surface area contributed by atoms with E-state index in [-0.39, 0.29) is 25.1 Å². The topological polar surface area (TPSA) is 231 Å². The lowest BCUT2D eigenvalue weighted by Gasteiger charge is -2.29. The molecule has 4 amide bonds. The predicted octanol–water partition coefficient (Wildman–Crippen LogP) is -1.69. The van der Waals surface area contributed by atoms with Crippen molar-refractivity contribution < 1.29 is 34.2 Å². The van der Waals surface area contributed by atoms with Crippen LogP contribution in [0.15, 0.2) is 24.3 Å². The van der Waals surface area contributed by atoms with E-state index in [4.69, 9.17) is 17.2 Å². The van der Waals surface area contributed by atoms with Crippen LogP contribution in [0.2, 0.25) is 0 Å². The highest BCUT2D eigenvalue weighted by atomic mass is 16.4. The summed E-state index contributed by atoms with van der Waals surface area (Å²) in [6.07, 6.45) is 1.70. The molecule has 0 spiro atoms. The van der Waals surface area contributed by atoms with E-state index < -0.39 is 60.2 Å². The second-order valence-corrected chi connectivity index (χ2v) is 9.08.